The molecule has 0 spiro atoms. The number of likely N-dealkylation sites (N-methyl/N-ethyl adjacent to an activating group) is 2. The van der Waals surface area contributed by atoms with E-state index in [1.807, 2.05) is 68.1 Å². The lowest BCUT2D eigenvalue weighted by atomic mass is 9.72. The molecule has 5 N–H and O–H groups in total. The summed E-state index contributed by atoms with van der Waals surface area (Å²) in [7, 11) is 5.43. The van der Waals surface area contributed by atoms with Gasteiger partial charge in [-0.1, -0.05) is 36.4 Å². The first-order valence-electron chi connectivity index (χ1n) is 18.1. The lowest BCUT2D eigenvalue weighted by Crippen LogP contribution is -2.53. The van der Waals surface area contributed by atoms with Crippen molar-refractivity contribution in [1.29, 1.82) is 0 Å². The molecule has 2 saturated heterocycles. The van der Waals surface area contributed by atoms with Crippen LogP contribution in [0.15, 0.2) is 48.5 Å². The van der Waals surface area contributed by atoms with Gasteiger partial charge < -0.3 is 40.9 Å². The van der Waals surface area contributed by atoms with E-state index in [0.717, 1.165) is 74.8 Å². The van der Waals surface area contributed by atoms with Gasteiger partial charge in [-0.3, -0.25) is 0 Å². The number of nitrogens with one attached hydrogen (secondary N) is 4. The molecule has 2 aliphatic heterocycles. The number of nitrogens with zero attached hydrogens (tertiary/aromatic N) is 2. The fraction of sp³-hybridized carbons (Fsp3) is 0.632. The monoisotopic (exact) mass is 684 g/mol. The predicted molar refractivity (Wildman–Crippen MR) is 195 cm³/mol. The molecule has 11 heteroatoms. The van der Waals surface area contributed by atoms with Crippen LogP contribution in [-0.2, 0) is 10.3 Å². The SMILES string of the molecule is CNC[C@H](C)NC(=O)N1CCCCC1.CNC[C@H](C)NC(=O)N1CCC[C@@H]([C@@](O)(CCCCOC)c2ccccc2-c2cccc(F)c2)C1. The number of benzene rings is 2. The normalized spacial score (nSPS) is 18.8. The summed E-state index contributed by atoms with van der Waals surface area (Å²) in [6, 6.07) is 14.4. The van der Waals surface area contributed by atoms with Crippen LogP contribution in [0.5, 0.6) is 0 Å². The second-order valence-corrected chi connectivity index (χ2v) is 13.6. The molecule has 0 saturated carbocycles. The minimum Gasteiger partial charge on any atom is -0.385 e. The molecule has 10 nitrogen and oxygen atoms in total. The number of carbonyl (C=O) groups excluding carboxylic acids is 2. The number of aliphatic hydroxyl groups is 1. The zero-order valence-corrected chi connectivity index (χ0v) is 30.4. The second-order valence-electron chi connectivity index (χ2n) is 13.6. The Morgan fingerprint density at radius 2 is 1.53 bits per heavy atom. The summed E-state index contributed by atoms with van der Waals surface area (Å²) >= 11 is 0. The highest BCUT2D eigenvalue weighted by atomic mass is 19.1. The first-order valence-corrected chi connectivity index (χ1v) is 18.1. The molecule has 2 heterocycles. The number of halogens is 1. The van der Waals surface area contributed by atoms with Gasteiger partial charge in [-0.15, -0.1) is 0 Å². The molecule has 0 aliphatic carbocycles. The van der Waals surface area contributed by atoms with Gasteiger partial charge in [0.15, 0.2) is 0 Å². The third-order valence-electron chi connectivity index (χ3n) is 9.47. The summed E-state index contributed by atoms with van der Waals surface area (Å²) in [6.45, 7) is 9.08. The van der Waals surface area contributed by atoms with E-state index >= 15 is 0 Å². The molecule has 0 aromatic heterocycles. The first-order chi connectivity index (χ1) is 23.6. The second kappa shape index (κ2) is 21.1. The van der Waals surface area contributed by atoms with E-state index in [4.69, 9.17) is 4.74 Å². The van der Waals surface area contributed by atoms with E-state index in [-0.39, 0.29) is 35.9 Å². The number of carbonyl (C=O) groups is 2. The smallest absolute Gasteiger partial charge is 0.317 e. The summed E-state index contributed by atoms with van der Waals surface area (Å²) in [4.78, 5) is 28.4. The third kappa shape index (κ3) is 12.5. The topological polar surface area (TPSA) is 118 Å². The van der Waals surface area contributed by atoms with E-state index in [9.17, 15) is 19.1 Å². The van der Waals surface area contributed by atoms with E-state index in [1.54, 1.807) is 13.2 Å². The maximum absolute atomic E-state index is 14.1. The summed E-state index contributed by atoms with van der Waals surface area (Å²) in [5.41, 5.74) is 1.19. The van der Waals surface area contributed by atoms with Crippen molar-refractivity contribution < 1.29 is 23.8 Å². The number of hydrogen-bond donors (Lipinski definition) is 5. The van der Waals surface area contributed by atoms with Crippen LogP contribution < -0.4 is 21.3 Å². The summed E-state index contributed by atoms with van der Waals surface area (Å²) in [5.74, 6) is -0.448. The molecular formula is C38H61FN6O4. The van der Waals surface area contributed by atoms with Gasteiger partial charge in [-0.05, 0) is 108 Å². The van der Waals surface area contributed by atoms with Crippen molar-refractivity contribution in [2.75, 3.05) is 67.1 Å². The number of rotatable bonds is 14. The molecule has 4 atom stereocenters. The fourth-order valence-electron chi connectivity index (χ4n) is 6.93. The van der Waals surface area contributed by atoms with Crippen molar-refractivity contribution in [3.8, 4) is 11.1 Å². The Kier molecular flexibility index (Phi) is 17.3. The van der Waals surface area contributed by atoms with Gasteiger partial charge in [0, 0.05) is 71.0 Å². The lowest BCUT2D eigenvalue weighted by Gasteiger charge is -2.43. The van der Waals surface area contributed by atoms with Crippen molar-refractivity contribution >= 4 is 12.1 Å². The number of likely N-dealkylation sites (tertiary alicyclic amines) is 2. The highest BCUT2D eigenvalue weighted by Crippen LogP contribution is 2.43. The van der Waals surface area contributed by atoms with Gasteiger partial charge in [0.25, 0.3) is 0 Å². The summed E-state index contributed by atoms with van der Waals surface area (Å²) < 4.78 is 19.3. The summed E-state index contributed by atoms with van der Waals surface area (Å²) in [6.07, 6.45) is 7.34. The van der Waals surface area contributed by atoms with Crippen LogP contribution in [0.25, 0.3) is 11.1 Å². The molecule has 2 aromatic rings. The van der Waals surface area contributed by atoms with Crippen LogP contribution in [-0.4, -0.2) is 106 Å². The molecule has 0 bridgehead atoms. The van der Waals surface area contributed by atoms with E-state index in [1.165, 1.54) is 18.6 Å². The molecular weight excluding hydrogens is 623 g/mol. The van der Waals surface area contributed by atoms with Crippen LogP contribution in [0.4, 0.5) is 14.0 Å². The number of hydrogen-bond acceptors (Lipinski definition) is 6. The van der Waals surface area contributed by atoms with Crippen molar-refractivity contribution in [2.45, 2.75) is 82.9 Å². The van der Waals surface area contributed by atoms with E-state index < -0.39 is 5.60 Å². The molecule has 49 heavy (non-hydrogen) atoms. The maximum atomic E-state index is 14.1. The maximum Gasteiger partial charge on any atom is 0.317 e. The van der Waals surface area contributed by atoms with Crippen LogP contribution in [0.2, 0.25) is 0 Å². The molecule has 2 aromatic carbocycles. The Bertz CT molecular complexity index is 1280. The van der Waals surface area contributed by atoms with Gasteiger partial charge >= 0.3 is 12.1 Å². The summed E-state index contributed by atoms with van der Waals surface area (Å²) in [5, 5.41) is 24.5. The van der Waals surface area contributed by atoms with Crippen molar-refractivity contribution in [1.82, 2.24) is 31.1 Å². The molecule has 0 unspecified atom stereocenters. The fourth-order valence-corrected chi connectivity index (χ4v) is 6.93. The van der Waals surface area contributed by atoms with E-state index in [0.29, 0.717) is 32.7 Å². The van der Waals surface area contributed by atoms with Crippen molar-refractivity contribution in [3.05, 3.63) is 59.9 Å². The quantitative estimate of drug-likeness (QED) is 0.172. The molecule has 2 aliphatic rings. The van der Waals surface area contributed by atoms with Crippen molar-refractivity contribution in [3.63, 3.8) is 0 Å². The van der Waals surface area contributed by atoms with Gasteiger partial charge in [-0.25, -0.2) is 14.0 Å². The van der Waals surface area contributed by atoms with Gasteiger partial charge in [0.1, 0.15) is 5.82 Å². The number of methoxy groups -OCH3 is 1. The highest BCUT2D eigenvalue weighted by molar-refractivity contribution is 5.75. The first kappa shape index (κ1) is 40.2. The average molecular weight is 685 g/mol. The van der Waals surface area contributed by atoms with E-state index in [2.05, 4.69) is 21.3 Å². The number of urea groups is 2. The lowest BCUT2D eigenvalue weighted by molar-refractivity contribution is -0.0559. The molecule has 4 amide bonds. The number of ether oxygens (including phenoxy) is 1. The Balaban J connectivity index is 0.000000388. The third-order valence-corrected chi connectivity index (χ3v) is 9.47. The molecule has 2 fully saturated rings. The van der Waals surface area contributed by atoms with Gasteiger partial charge in [-0.2, -0.15) is 0 Å². The van der Waals surface area contributed by atoms with Gasteiger partial charge in [0.05, 0.1) is 5.60 Å². The van der Waals surface area contributed by atoms with Crippen LogP contribution >= 0.6 is 0 Å². The van der Waals surface area contributed by atoms with Crippen LogP contribution in [0.3, 0.4) is 0 Å². The largest absolute Gasteiger partial charge is 0.385 e. The average Bonchev–Trinajstić information content (AvgIpc) is 3.11. The number of amides is 4. The number of piperidine rings is 2. The Morgan fingerprint density at radius 3 is 2.16 bits per heavy atom. The van der Waals surface area contributed by atoms with Crippen molar-refractivity contribution in [2.24, 2.45) is 5.92 Å². The van der Waals surface area contributed by atoms with Crippen LogP contribution in [0, 0.1) is 11.7 Å². The molecule has 4 rings (SSSR count). The Labute approximate surface area is 293 Å². The Morgan fingerprint density at radius 1 is 0.898 bits per heavy atom. The zero-order chi connectivity index (χ0) is 35.6. The Hall–Kier alpha value is -3.25. The molecule has 274 valence electrons. The predicted octanol–water partition coefficient (Wildman–Crippen LogP) is 5.32. The highest BCUT2D eigenvalue weighted by Gasteiger charge is 2.42. The minimum atomic E-state index is -1.16. The molecule has 0 radical (unpaired) electrons. The number of unbranched alkanes of at least 4 members (excludes halogenated alkanes) is 1. The van der Waals surface area contributed by atoms with Gasteiger partial charge in [0.2, 0.25) is 0 Å². The zero-order valence-electron chi connectivity index (χ0n) is 30.4. The van der Waals surface area contributed by atoms with Crippen LogP contribution in [0.1, 0.15) is 70.8 Å². The minimum absolute atomic E-state index is 0.00880. The standard InChI is InChI=1S/C28H40FN3O3.C10H21N3O/c1-21(19-30-2)31-27(33)32-16-9-11-23(20-32)28(34,15-6-7-17-35-3)26-14-5-4-13-25(26)22-10-8-12-24(29)18-22;1-9(8-11-2)12-10(14)13-6-4-3-5-7-13/h4-5,8,10,12-14,18,21,23,30,34H,6-7,9,11,15-17,19-20H2,1-3H3,(H,31,33);9,11H,3-8H2,1-2H3,(H,12,14)/t21-,23+,28-;9-/m00/s1.